The van der Waals surface area contributed by atoms with Gasteiger partial charge in [-0.05, 0) is 61.7 Å². The van der Waals surface area contributed by atoms with Crippen molar-refractivity contribution in [2.45, 2.75) is 83.5 Å². The van der Waals surface area contributed by atoms with E-state index >= 15 is 0 Å². The van der Waals surface area contributed by atoms with Crippen molar-refractivity contribution in [3.8, 4) is 0 Å². The third-order valence-electron chi connectivity index (χ3n) is 8.83. The van der Waals surface area contributed by atoms with Gasteiger partial charge in [-0.15, -0.1) is 0 Å². The summed E-state index contributed by atoms with van der Waals surface area (Å²) in [6.07, 6.45) is 12.6. The highest BCUT2D eigenvalue weighted by Crippen LogP contribution is 2.39. The number of anilines is 3. The maximum absolute atomic E-state index is 5.83. The van der Waals surface area contributed by atoms with Crippen LogP contribution in [0.25, 0.3) is 0 Å². The normalized spacial score (nSPS) is 23.9. The summed E-state index contributed by atoms with van der Waals surface area (Å²) < 4.78 is 0. The van der Waals surface area contributed by atoms with Gasteiger partial charge < -0.3 is 20.4 Å². The quantitative estimate of drug-likeness (QED) is 0.409. The molecule has 1 aromatic heterocycles. The minimum absolute atomic E-state index is 0.130. The van der Waals surface area contributed by atoms with Crippen LogP contribution < -0.4 is 20.4 Å². The molecule has 2 saturated heterocycles. The number of benzene rings is 1. The first-order valence-corrected chi connectivity index (χ1v) is 15.4. The molecule has 0 amide bonds. The summed E-state index contributed by atoms with van der Waals surface area (Å²) in [6, 6.07) is 13.2. The van der Waals surface area contributed by atoms with Crippen LogP contribution in [0.3, 0.4) is 0 Å². The lowest BCUT2D eigenvalue weighted by Gasteiger charge is -2.38. The molecule has 2 unspecified atom stereocenters. The van der Waals surface area contributed by atoms with E-state index in [-0.39, 0.29) is 5.41 Å². The van der Waals surface area contributed by atoms with Crippen molar-refractivity contribution in [3.63, 3.8) is 0 Å². The molecule has 6 nitrogen and oxygen atoms in total. The zero-order chi connectivity index (χ0) is 26.4. The number of nitrogens with zero attached hydrogens (tertiary/aromatic N) is 4. The smallest absolute Gasteiger partial charge is 0.232 e. The molecule has 1 aliphatic carbocycles. The standard InChI is InChI=1S/C31H46N6S/c1-24-19-25(2)22-37(21-24)28-20-27(36-17-11-3-4-12-18-36)33-29(34-28)35-30(38)32-23-31(15-9-6-10-16-31)26-13-7-5-8-14-26/h5,7-8,13-14,20,24-25H,3-4,6,9-12,15-19,21-23H2,1-2H3,(H2,32,33,34,35,38). The van der Waals surface area contributed by atoms with Gasteiger partial charge in [-0.1, -0.05) is 76.3 Å². The maximum Gasteiger partial charge on any atom is 0.232 e. The van der Waals surface area contributed by atoms with E-state index in [1.807, 2.05) is 0 Å². The molecule has 0 bridgehead atoms. The molecule has 2 aromatic rings. The highest BCUT2D eigenvalue weighted by atomic mass is 32.1. The largest absolute Gasteiger partial charge is 0.361 e. The van der Waals surface area contributed by atoms with Crippen molar-refractivity contribution < 1.29 is 0 Å². The molecular weight excluding hydrogens is 488 g/mol. The summed E-state index contributed by atoms with van der Waals surface area (Å²) >= 11 is 5.83. The van der Waals surface area contributed by atoms with Crippen molar-refractivity contribution in [1.82, 2.24) is 15.3 Å². The zero-order valence-electron chi connectivity index (χ0n) is 23.4. The second kappa shape index (κ2) is 12.6. The van der Waals surface area contributed by atoms with Gasteiger partial charge in [0.25, 0.3) is 0 Å². The number of nitrogens with one attached hydrogen (secondary N) is 2. The molecule has 206 valence electrons. The van der Waals surface area contributed by atoms with E-state index in [4.69, 9.17) is 22.2 Å². The summed E-state index contributed by atoms with van der Waals surface area (Å²) in [6.45, 7) is 9.75. The van der Waals surface area contributed by atoms with Crippen molar-refractivity contribution in [2.75, 3.05) is 47.8 Å². The molecule has 5 rings (SSSR count). The Kier molecular flexibility index (Phi) is 9.03. The van der Waals surface area contributed by atoms with Crippen LogP contribution in [-0.2, 0) is 5.41 Å². The SMILES string of the molecule is CC1CC(C)CN(c2cc(N3CCCCCC3)nc(NC(=S)NCC3(c4ccccc4)CCCCC3)n2)C1. The zero-order valence-corrected chi connectivity index (χ0v) is 24.2. The molecule has 3 aliphatic rings. The first-order chi connectivity index (χ1) is 18.5. The van der Waals surface area contributed by atoms with Gasteiger partial charge in [0.1, 0.15) is 11.6 Å². The molecule has 7 heteroatoms. The molecule has 0 spiro atoms. The Hall–Kier alpha value is -2.41. The highest BCUT2D eigenvalue weighted by Gasteiger charge is 2.34. The summed E-state index contributed by atoms with van der Waals surface area (Å²) in [4.78, 5) is 14.9. The summed E-state index contributed by atoms with van der Waals surface area (Å²) in [5, 5.41) is 7.58. The van der Waals surface area contributed by atoms with Gasteiger partial charge in [0, 0.05) is 44.2 Å². The van der Waals surface area contributed by atoms with Crippen LogP contribution in [0.5, 0.6) is 0 Å². The van der Waals surface area contributed by atoms with Crippen molar-refractivity contribution >= 4 is 34.9 Å². The third-order valence-corrected chi connectivity index (χ3v) is 9.08. The van der Waals surface area contributed by atoms with Crippen molar-refractivity contribution in [1.29, 1.82) is 0 Å². The van der Waals surface area contributed by atoms with Crippen LogP contribution >= 0.6 is 12.2 Å². The molecule has 0 radical (unpaired) electrons. The van der Waals surface area contributed by atoms with Crippen molar-refractivity contribution in [2.24, 2.45) is 11.8 Å². The average molecular weight is 535 g/mol. The molecule has 2 aliphatic heterocycles. The first kappa shape index (κ1) is 27.2. The number of rotatable bonds is 6. The summed E-state index contributed by atoms with van der Waals surface area (Å²) in [7, 11) is 0. The predicted molar refractivity (Wildman–Crippen MR) is 163 cm³/mol. The molecule has 1 aromatic carbocycles. The van der Waals surface area contributed by atoms with E-state index in [1.54, 1.807) is 0 Å². The van der Waals surface area contributed by atoms with Crippen LogP contribution in [-0.4, -0.2) is 47.8 Å². The van der Waals surface area contributed by atoms with Crippen LogP contribution in [0, 0.1) is 11.8 Å². The fourth-order valence-electron chi connectivity index (χ4n) is 6.93. The fraction of sp³-hybridized carbons (Fsp3) is 0.645. The van der Waals surface area contributed by atoms with Crippen LogP contribution in [0.4, 0.5) is 17.6 Å². The van der Waals surface area contributed by atoms with Gasteiger partial charge in [-0.2, -0.15) is 9.97 Å². The van der Waals surface area contributed by atoms with E-state index in [9.17, 15) is 0 Å². The van der Waals surface area contributed by atoms with Crippen LogP contribution in [0.1, 0.15) is 83.6 Å². The van der Waals surface area contributed by atoms with E-state index in [2.05, 4.69) is 70.7 Å². The van der Waals surface area contributed by atoms with Crippen molar-refractivity contribution in [3.05, 3.63) is 42.0 Å². The Labute approximate surface area is 235 Å². The first-order valence-electron chi connectivity index (χ1n) is 15.0. The van der Waals surface area contributed by atoms with Gasteiger partial charge >= 0.3 is 0 Å². The van der Waals surface area contributed by atoms with Crippen LogP contribution in [0.2, 0.25) is 0 Å². The molecule has 3 heterocycles. The van der Waals surface area contributed by atoms with Crippen LogP contribution in [0.15, 0.2) is 36.4 Å². The number of thiocarbonyl (C=S) groups is 1. The van der Waals surface area contributed by atoms with E-state index in [0.717, 1.165) is 44.4 Å². The number of hydrogen-bond donors (Lipinski definition) is 2. The van der Waals surface area contributed by atoms with Gasteiger partial charge in [-0.3, -0.25) is 0 Å². The second-order valence-corrected chi connectivity index (χ2v) is 12.6. The topological polar surface area (TPSA) is 56.3 Å². The molecule has 3 fully saturated rings. The molecule has 2 N–H and O–H groups in total. The minimum atomic E-state index is 0.130. The predicted octanol–water partition coefficient (Wildman–Crippen LogP) is 6.53. The lowest BCUT2D eigenvalue weighted by molar-refractivity contribution is 0.292. The lowest BCUT2D eigenvalue weighted by Crippen LogP contribution is -2.44. The Morgan fingerprint density at radius 2 is 1.47 bits per heavy atom. The number of piperidine rings is 1. The highest BCUT2D eigenvalue weighted by molar-refractivity contribution is 7.80. The van der Waals surface area contributed by atoms with E-state index in [1.165, 1.54) is 69.8 Å². The lowest BCUT2D eigenvalue weighted by atomic mass is 9.69. The Bertz CT molecular complexity index is 1040. The van der Waals surface area contributed by atoms with E-state index < -0.39 is 0 Å². The van der Waals surface area contributed by atoms with Gasteiger partial charge in [0.05, 0.1) is 0 Å². The Morgan fingerprint density at radius 1 is 0.868 bits per heavy atom. The third kappa shape index (κ3) is 6.77. The Morgan fingerprint density at radius 3 is 2.13 bits per heavy atom. The number of hydrogen-bond acceptors (Lipinski definition) is 5. The van der Waals surface area contributed by atoms with Gasteiger partial charge in [-0.25, -0.2) is 0 Å². The minimum Gasteiger partial charge on any atom is -0.361 e. The van der Waals surface area contributed by atoms with Gasteiger partial charge in [0.2, 0.25) is 5.95 Å². The second-order valence-electron chi connectivity index (χ2n) is 12.2. The summed E-state index contributed by atoms with van der Waals surface area (Å²) in [5.41, 5.74) is 1.55. The number of aromatic nitrogens is 2. The molecule has 38 heavy (non-hydrogen) atoms. The molecule has 1 saturated carbocycles. The Balaban J connectivity index is 1.34. The monoisotopic (exact) mass is 534 g/mol. The molecular formula is C31H46N6S. The van der Waals surface area contributed by atoms with E-state index in [0.29, 0.717) is 22.9 Å². The molecule has 2 atom stereocenters. The van der Waals surface area contributed by atoms with Gasteiger partial charge in [0.15, 0.2) is 5.11 Å². The average Bonchev–Trinajstić information content (AvgIpc) is 3.22. The fourth-order valence-corrected chi connectivity index (χ4v) is 7.10. The summed E-state index contributed by atoms with van der Waals surface area (Å²) in [5.74, 6) is 4.00. The maximum atomic E-state index is 5.83.